The molecule has 0 spiro atoms. The molecular formula is C12H9BrN2O. The minimum absolute atomic E-state index is 0.519. The van der Waals surface area contributed by atoms with E-state index in [1.807, 2.05) is 18.2 Å². The molecular weight excluding hydrogens is 268 g/mol. The van der Waals surface area contributed by atoms with Crippen molar-refractivity contribution in [3.05, 3.63) is 64.3 Å². The molecule has 2 aromatic carbocycles. The molecule has 0 bridgehead atoms. The number of para-hydroxylation sites is 1. The fourth-order valence-electron chi connectivity index (χ4n) is 1.23. The first kappa shape index (κ1) is 10.8. The zero-order valence-electron chi connectivity index (χ0n) is 8.38. The summed E-state index contributed by atoms with van der Waals surface area (Å²) in [7, 11) is 0. The van der Waals surface area contributed by atoms with Crippen LogP contribution in [0.3, 0.4) is 0 Å². The van der Waals surface area contributed by atoms with Crippen LogP contribution in [0.4, 0.5) is 11.4 Å². The Bertz CT molecular complexity index is 494. The van der Waals surface area contributed by atoms with Crippen LogP contribution in [0.15, 0.2) is 64.2 Å². The van der Waals surface area contributed by atoms with E-state index in [2.05, 4.69) is 21.0 Å². The average Bonchev–Trinajstić information content (AvgIpc) is 2.33. The summed E-state index contributed by atoms with van der Waals surface area (Å²) >= 11 is 3.32. The number of hydrogen-bond acceptors (Lipinski definition) is 2. The first-order valence-electron chi connectivity index (χ1n) is 4.75. The highest BCUT2D eigenvalue weighted by Gasteiger charge is 2.01. The van der Waals surface area contributed by atoms with Crippen molar-refractivity contribution in [3.8, 4) is 0 Å². The predicted molar refractivity (Wildman–Crippen MR) is 66.0 cm³/mol. The van der Waals surface area contributed by atoms with Crippen LogP contribution >= 0.6 is 15.9 Å². The number of benzene rings is 2. The molecule has 80 valence electrons. The van der Waals surface area contributed by atoms with Crippen LogP contribution in [-0.4, -0.2) is 4.86 Å². The van der Waals surface area contributed by atoms with E-state index in [4.69, 9.17) is 0 Å². The molecule has 0 aliphatic rings. The van der Waals surface area contributed by atoms with Crippen LogP contribution in [0.2, 0.25) is 0 Å². The van der Waals surface area contributed by atoms with Crippen molar-refractivity contribution in [2.45, 2.75) is 0 Å². The normalized spacial score (nSPS) is 11.4. The molecule has 3 nitrogen and oxygen atoms in total. The molecule has 0 saturated carbocycles. The number of halogens is 1. The van der Waals surface area contributed by atoms with Gasteiger partial charge in [-0.25, -0.2) is 0 Å². The summed E-state index contributed by atoms with van der Waals surface area (Å²) in [4.78, 5) is 0.614. The molecule has 2 aromatic rings. The Kier molecular flexibility index (Phi) is 3.31. The van der Waals surface area contributed by atoms with Crippen molar-refractivity contribution in [1.29, 1.82) is 0 Å². The highest BCUT2D eigenvalue weighted by Crippen LogP contribution is 2.19. The van der Waals surface area contributed by atoms with Gasteiger partial charge in [-0.1, -0.05) is 39.0 Å². The molecule has 0 fully saturated rings. The van der Waals surface area contributed by atoms with Crippen molar-refractivity contribution in [3.63, 3.8) is 0 Å². The maximum atomic E-state index is 11.6. The third kappa shape index (κ3) is 2.67. The van der Waals surface area contributed by atoms with Gasteiger partial charge in [0.1, 0.15) is 5.69 Å². The van der Waals surface area contributed by atoms with Crippen molar-refractivity contribution >= 4 is 27.3 Å². The van der Waals surface area contributed by atoms with E-state index in [0.717, 1.165) is 4.47 Å². The Morgan fingerprint density at radius 3 is 2.19 bits per heavy atom. The number of azo groups is 1. The molecule has 0 aliphatic heterocycles. The van der Waals surface area contributed by atoms with Gasteiger partial charge in [0.2, 0.25) is 5.69 Å². The highest BCUT2D eigenvalue weighted by molar-refractivity contribution is 9.10. The van der Waals surface area contributed by atoms with E-state index in [9.17, 15) is 5.21 Å². The van der Waals surface area contributed by atoms with Gasteiger partial charge in [-0.2, -0.15) is 0 Å². The Balaban J connectivity index is 2.28. The van der Waals surface area contributed by atoms with E-state index in [-0.39, 0.29) is 0 Å². The van der Waals surface area contributed by atoms with Crippen LogP contribution in [0.5, 0.6) is 0 Å². The Morgan fingerprint density at radius 2 is 1.56 bits per heavy atom. The summed E-state index contributed by atoms with van der Waals surface area (Å²) < 4.78 is 0.962. The van der Waals surface area contributed by atoms with Crippen molar-refractivity contribution in [2.24, 2.45) is 5.11 Å². The van der Waals surface area contributed by atoms with E-state index in [0.29, 0.717) is 16.2 Å². The lowest BCUT2D eigenvalue weighted by Gasteiger charge is -1.98. The van der Waals surface area contributed by atoms with Crippen LogP contribution < -0.4 is 0 Å². The molecule has 0 aromatic heterocycles. The average molecular weight is 277 g/mol. The lowest BCUT2D eigenvalue weighted by atomic mass is 10.3. The molecule has 0 amide bonds. The minimum atomic E-state index is 0.519. The maximum absolute atomic E-state index is 11.6. The van der Waals surface area contributed by atoms with Gasteiger partial charge in [-0.15, -0.1) is 0 Å². The van der Waals surface area contributed by atoms with Gasteiger partial charge >= 0.3 is 0 Å². The molecule has 0 atom stereocenters. The van der Waals surface area contributed by atoms with Crippen molar-refractivity contribution in [2.75, 3.05) is 0 Å². The first-order chi connectivity index (χ1) is 7.75. The summed E-state index contributed by atoms with van der Waals surface area (Å²) in [6.07, 6.45) is 0. The van der Waals surface area contributed by atoms with Gasteiger partial charge in [0.25, 0.3) is 0 Å². The second kappa shape index (κ2) is 4.90. The monoisotopic (exact) mass is 276 g/mol. The molecule has 0 saturated heterocycles. The molecule has 0 N–H and O–H groups in total. The molecule has 0 unspecified atom stereocenters. The van der Waals surface area contributed by atoms with Crippen LogP contribution in [0.1, 0.15) is 0 Å². The van der Waals surface area contributed by atoms with Gasteiger partial charge in [0.15, 0.2) is 0 Å². The summed E-state index contributed by atoms with van der Waals surface area (Å²) in [6, 6.07) is 16.1. The molecule has 0 heterocycles. The van der Waals surface area contributed by atoms with E-state index in [1.54, 1.807) is 36.4 Å². The first-order valence-corrected chi connectivity index (χ1v) is 5.54. The summed E-state index contributed by atoms with van der Waals surface area (Å²) in [5, 5.41) is 15.6. The number of rotatable bonds is 2. The van der Waals surface area contributed by atoms with Gasteiger partial charge in [0, 0.05) is 21.7 Å². The Morgan fingerprint density at radius 1 is 0.938 bits per heavy atom. The van der Waals surface area contributed by atoms with E-state index < -0.39 is 0 Å². The predicted octanol–water partition coefficient (Wildman–Crippen LogP) is 4.37. The number of nitrogens with zero attached hydrogens (tertiary/aromatic N) is 2. The van der Waals surface area contributed by atoms with Crippen LogP contribution in [0.25, 0.3) is 0 Å². The van der Waals surface area contributed by atoms with E-state index >= 15 is 0 Å². The molecule has 4 heteroatoms. The third-order valence-corrected chi connectivity index (χ3v) is 2.54. The molecule has 2 rings (SSSR count). The van der Waals surface area contributed by atoms with Crippen molar-refractivity contribution in [1.82, 2.24) is 0 Å². The van der Waals surface area contributed by atoms with Gasteiger partial charge in [-0.3, -0.25) is 0 Å². The number of hydrogen-bond donors (Lipinski definition) is 0. The summed E-state index contributed by atoms with van der Waals surface area (Å²) in [5.41, 5.74) is 1.15. The Labute approximate surface area is 102 Å². The fourth-order valence-corrected chi connectivity index (χ4v) is 1.49. The lowest BCUT2D eigenvalue weighted by Crippen LogP contribution is -1.89. The third-order valence-electron chi connectivity index (χ3n) is 2.01. The molecule has 16 heavy (non-hydrogen) atoms. The smallest absolute Gasteiger partial charge is 0.244 e. The van der Waals surface area contributed by atoms with Crippen LogP contribution in [0, 0.1) is 5.21 Å². The van der Waals surface area contributed by atoms with Gasteiger partial charge in [-0.05, 0) is 24.3 Å². The standard InChI is InChI=1S/C12H9BrN2O/c13-10-6-8-11(9-7-10)14-15(16)12-4-2-1-3-5-12/h1-9H. The molecule has 0 radical (unpaired) electrons. The quantitative estimate of drug-likeness (QED) is 0.456. The zero-order valence-corrected chi connectivity index (χ0v) is 9.96. The molecule has 0 aliphatic carbocycles. The lowest BCUT2D eigenvalue weighted by molar-refractivity contribution is -0.435. The van der Waals surface area contributed by atoms with Gasteiger partial charge < -0.3 is 5.21 Å². The largest absolute Gasteiger partial charge is 0.594 e. The zero-order chi connectivity index (χ0) is 11.4. The topological polar surface area (TPSA) is 38.4 Å². The summed E-state index contributed by atoms with van der Waals surface area (Å²) in [5.74, 6) is 0. The second-order valence-corrected chi connectivity index (χ2v) is 4.10. The Hall–Kier alpha value is -1.68. The SMILES string of the molecule is [O-][N+](=Nc1ccc(Br)cc1)c1ccccc1. The summed E-state index contributed by atoms with van der Waals surface area (Å²) in [6.45, 7) is 0. The highest BCUT2D eigenvalue weighted by atomic mass is 79.9. The van der Waals surface area contributed by atoms with Crippen molar-refractivity contribution < 1.29 is 4.86 Å². The van der Waals surface area contributed by atoms with Gasteiger partial charge in [0.05, 0.1) is 0 Å². The fraction of sp³-hybridized carbons (Fsp3) is 0. The van der Waals surface area contributed by atoms with Crippen LogP contribution in [-0.2, 0) is 0 Å². The second-order valence-electron chi connectivity index (χ2n) is 3.18. The minimum Gasteiger partial charge on any atom is -0.594 e. The maximum Gasteiger partial charge on any atom is 0.244 e. The van der Waals surface area contributed by atoms with E-state index in [1.165, 1.54) is 0 Å².